The lowest BCUT2D eigenvalue weighted by Gasteiger charge is -2.16. The Kier molecular flexibility index (Phi) is 4.20. The fourth-order valence-corrected chi connectivity index (χ4v) is 2.63. The zero-order valence-electron chi connectivity index (χ0n) is 11.3. The van der Waals surface area contributed by atoms with Gasteiger partial charge in [-0.2, -0.15) is 0 Å². The van der Waals surface area contributed by atoms with E-state index in [9.17, 15) is 9.59 Å². The maximum Gasteiger partial charge on any atom is 0.345 e. The molecule has 0 saturated carbocycles. The summed E-state index contributed by atoms with van der Waals surface area (Å²) in [5, 5.41) is 8.88. The van der Waals surface area contributed by atoms with Crippen LogP contribution >= 0.6 is 11.3 Å². The number of carboxylic acid groups (broad SMARTS) is 1. The largest absolute Gasteiger partial charge is 0.477 e. The molecule has 1 N–H and O–H groups in total. The topological polar surface area (TPSA) is 57.6 Å². The second-order valence-corrected chi connectivity index (χ2v) is 5.44. The number of carbonyl (C=O) groups excluding carboxylic acids is 1. The van der Waals surface area contributed by atoms with Crippen LogP contribution in [0.2, 0.25) is 0 Å². The van der Waals surface area contributed by atoms with Gasteiger partial charge in [-0.3, -0.25) is 4.79 Å². The van der Waals surface area contributed by atoms with Crippen LogP contribution in [0.25, 0.3) is 0 Å². The third-order valence-electron chi connectivity index (χ3n) is 3.06. The van der Waals surface area contributed by atoms with Crippen LogP contribution in [0.5, 0.6) is 0 Å². The number of nitrogens with zero attached hydrogens (tertiary/aromatic N) is 1. The molecule has 0 bridgehead atoms. The van der Waals surface area contributed by atoms with Gasteiger partial charge in [-0.1, -0.05) is 19.1 Å². The molecule has 0 spiro atoms. The van der Waals surface area contributed by atoms with Crippen molar-refractivity contribution < 1.29 is 14.7 Å². The van der Waals surface area contributed by atoms with Crippen LogP contribution in [0.4, 0.5) is 5.69 Å². The van der Waals surface area contributed by atoms with Crippen molar-refractivity contribution in [2.24, 2.45) is 0 Å². The molecule has 1 aromatic heterocycles. The van der Waals surface area contributed by atoms with E-state index >= 15 is 0 Å². The highest BCUT2D eigenvalue weighted by atomic mass is 32.1. The van der Waals surface area contributed by atoms with E-state index in [4.69, 9.17) is 5.11 Å². The smallest absolute Gasteiger partial charge is 0.345 e. The van der Waals surface area contributed by atoms with Gasteiger partial charge in [-0.25, -0.2) is 4.79 Å². The van der Waals surface area contributed by atoms with Crippen molar-refractivity contribution in [1.29, 1.82) is 0 Å². The normalized spacial score (nSPS) is 10.3. The van der Waals surface area contributed by atoms with Gasteiger partial charge in [0.2, 0.25) is 0 Å². The highest BCUT2D eigenvalue weighted by Crippen LogP contribution is 2.21. The van der Waals surface area contributed by atoms with Crippen molar-refractivity contribution in [3.05, 3.63) is 51.7 Å². The van der Waals surface area contributed by atoms with Crippen LogP contribution < -0.4 is 4.90 Å². The number of benzene rings is 1. The van der Waals surface area contributed by atoms with Gasteiger partial charge >= 0.3 is 5.97 Å². The minimum absolute atomic E-state index is 0.170. The molecule has 0 saturated heterocycles. The summed E-state index contributed by atoms with van der Waals surface area (Å²) >= 11 is 0.989. The minimum atomic E-state index is -1.01. The molecule has 0 unspecified atom stereocenters. The van der Waals surface area contributed by atoms with E-state index in [0.29, 0.717) is 4.88 Å². The number of aromatic carboxylic acids is 1. The Labute approximate surface area is 121 Å². The lowest BCUT2D eigenvalue weighted by Crippen LogP contribution is -2.25. The highest BCUT2D eigenvalue weighted by Gasteiger charge is 2.17. The van der Waals surface area contributed by atoms with Gasteiger partial charge in [0.25, 0.3) is 5.91 Å². The third kappa shape index (κ3) is 2.88. The predicted molar refractivity (Wildman–Crippen MR) is 79.8 cm³/mol. The maximum absolute atomic E-state index is 12.3. The maximum atomic E-state index is 12.3. The van der Waals surface area contributed by atoms with E-state index in [2.05, 4.69) is 6.92 Å². The van der Waals surface area contributed by atoms with Crippen molar-refractivity contribution in [3.63, 3.8) is 0 Å². The Morgan fingerprint density at radius 1 is 1.10 bits per heavy atom. The number of carbonyl (C=O) groups is 2. The lowest BCUT2D eigenvalue weighted by atomic mass is 10.1. The number of aryl methyl sites for hydroxylation is 1. The quantitative estimate of drug-likeness (QED) is 0.939. The van der Waals surface area contributed by atoms with Crippen molar-refractivity contribution in [2.45, 2.75) is 13.3 Å². The Hall–Kier alpha value is -2.14. The summed E-state index contributed by atoms with van der Waals surface area (Å²) in [5.74, 6) is -1.21. The minimum Gasteiger partial charge on any atom is -0.477 e. The molecule has 1 amide bonds. The molecule has 1 aromatic carbocycles. The molecule has 0 radical (unpaired) electrons. The lowest BCUT2D eigenvalue weighted by molar-refractivity contribution is 0.0702. The van der Waals surface area contributed by atoms with Crippen LogP contribution in [0.1, 0.15) is 31.8 Å². The summed E-state index contributed by atoms with van der Waals surface area (Å²) in [5.41, 5.74) is 2.00. The van der Waals surface area contributed by atoms with Gasteiger partial charge in [0.1, 0.15) is 4.88 Å². The van der Waals surface area contributed by atoms with Crippen LogP contribution in [0, 0.1) is 0 Å². The molecule has 5 heteroatoms. The number of amides is 1. The van der Waals surface area contributed by atoms with Crippen molar-refractivity contribution >= 4 is 28.9 Å². The Morgan fingerprint density at radius 3 is 2.20 bits per heavy atom. The van der Waals surface area contributed by atoms with E-state index in [1.165, 1.54) is 16.5 Å². The molecule has 20 heavy (non-hydrogen) atoms. The fraction of sp³-hybridized carbons (Fsp3) is 0.200. The van der Waals surface area contributed by atoms with Gasteiger partial charge in [-0.15, -0.1) is 11.3 Å². The zero-order chi connectivity index (χ0) is 14.7. The number of rotatable bonds is 4. The average molecular weight is 289 g/mol. The molecule has 0 aliphatic rings. The first-order valence-corrected chi connectivity index (χ1v) is 7.04. The number of anilines is 1. The number of carboxylic acids is 1. The molecule has 0 aliphatic heterocycles. The monoisotopic (exact) mass is 289 g/mol. The molecule has 0 fully saturated rings. The molecule has 2 aromatic rings. The summed E-state index contributed by atoms with van der Waals surface area (Å²) < 4.78 is 0. The van der Waals surface area contributed by atoms with Gasteiger partial charge in [0.15, 0.2) is 0 Å². The summed E-state index contributed by atoms with van der Waals surface area (Å²) in [6.07, 6.45) is 0.949. The molecule has 2 rings (SSSR count). The molecular weight excluding hydrogens is 274 g/mol. The van der Waals surface area contributed by atoms with Crippen molar-refractivity contribution in [1.82, 2.24) is 0 Å². The highest BCUT2D eigenvalue weighted by molar-refractivity contribution is 7.16. The molecule has 1 heterocycles. The number of hydrogen-bond donors (Lipinski definition) is 1. The Bertz CT molecular complexity index is 631. The van der Waals surface area contributed by atoms with E-state index in [1.54, 1.807) is 13.1 Å². The van der Waals surface area contributed by atoms with Gasteiger partial charge in [0, 0.05) is 12.7 Å². The summed E-state index contributed by atoms with van der Waals surface area (Å²) in [7, 11) is 1.68. The van der Waals surface area contributed by atoms with Gasteiger partial charge in [0.05, 0.1) is 4.88 Å². The van der Waals surface area contributed by atoms with Crippen LogP contribution in [0.15, 0.2) is 36.4 Å². The Morgan fingerprint density at radius 2 is 1.70 bits per heavy atom. The molecule has 0 atom stereocenters. The number of hydrogen-bond acceptors (Lipinski definition) is 3. The Balaban J connectivity index is 2.20. The molecule has 104 valence electrons. The third-order valence-corrected chi connectivity index (χ3v) is 4.13. The van der Waals surface area contributed by atoms with E-state index in [1.807, 2.05) is 24.3 Å². The van der Waals surface area contributed by atoms with Crippen molar-refractivity contribution in [3.8, 4) is 0 Å². The summed E-state index contributed by atoms with van der Waals surface area (Å²) in [6.45, 7) is 2.07. The van der Waals surface area contributed by atoms with Crippen LogP contribution in [-0.2, 0) is 6.42 Å². The standard InChI is InChI=1S/C15H15NO3S/c1-3-10-4-6-11(7-5-10)16(2)14(17)12-8-9-13(20-12)15(18)19/h4-9H,3H2,1-2H3,(H,18,19). The first kappa shape index (κ1) is 14.3. The van der Waals surface area contributed by atoms with E-state index < -0.39 is 5.97 Å². The average Bonchev–Trinajstić information content (AvgIpc) is 2.96. The SMILES string of the molecule is CCc1ccc(N(C)C(=O)c2ccc(C(=O)O)s2)cc1. The first-order valence-electron chi connectivity index (χ1n) is 6.23. The number of thiophene rings is 1. The molecule has 4 nitrogen and oxygen atoms in total. The molecule has 0 aliphatic carbocycles. The predicted octanol–water partition coefficient (Wildman–Crippen LogP) is 3.29. The van der Waals surface area contributed by atoms with Crippen LogP contribution in [-0.4, -0.2) is 24.0 Å². The summed E-state index contributed by atoms with van der Waals surface area (Å²) in [6, 6.07) is 10.7. The first-order chi connectivity index (χ1) is 9.52. The van der Waals surface area contributed by atoms with Crippen molar-refractivity contribution in [2.75, 3.05) is 11.9 Å². The van der Waals surface area contributed by atoms with Gasteiger partial charge < -0.3 is 10.0 Å². The fourth-order valence-electron chi connectivity index (χ4n) is 1.81. The second kappa shape index (κ2) is 5.88. The zero-order valence-corrected chi connectivity index (χ0v) is 12.1. The van der Waals surface area contributed by atoms with E-state index in [0.717, 1.165) is 23.4 Å². The van der Waals surface area contributed by atoms with Crippen LogP contribution in [0.3, 0.4) is 0 Å². The van der Waals surface area contributed by atoms with E-state index in [-0.39, 0.29) is 10.8 Å². The second-order valence-electron chi connectivity index (χ2n) is 4.35. The van der Waals surface area contributed by atoms with Gasteiger partial charge in [-0.05, 0) is 36.2 Å². The molecular formula is C15H15NO3S. The summed E-state index contributed by atoms with van der Waals surface area (Å²) in [4.78, 5) is 25.2.